The molecule has 1 aliphatic rings. The molecule has 3 heteroatoms. The summed E-state index contributed by atoms with van der Waals surface area (Å²) >= 11 is 5.51. The molecule has 0 aromatic rings. The van der Waals surface area contributed by atoms with Gasteiger partial charge in [0.15, 0.2) is 0 Å². The van der Waals surface area contributed by atoms with Gasteiger partial charge in [-0.2, -0.15) is 0 Å². The standard InChI is InChI=1S/C10H18ClNO/c1-10(5-6-10)8-12-9(13)4-2-3-7-11/h2-8H2,1H3,(H,12,13). The third-order valence-corrected chi connectivity index (χ3v) is 2.87. The average Bonchev–Trinajstić information content (AvgIpc) is 2.82. The van der Waals surface area contributed by atoms with Crippen LogP contribution in [-0.2, 0) is 4.79 Å². The van der Waals surface area contributed by atoms with Gasteiger partial charge in [-0.3, -0.25) is 4.79 Å². The highest BCUT2D eigenvalue weighted by Gasteiger charge is 2.37. The highest BCUT2D eigenvalue weighted by atomic mass is 35.5. The number of amides is 1. The minimum Gasteiger partial charge on any atom is -0.356 e. The summed E-state index contributed by atoms with van der Waals surface area (Å²) in [5, 5.41) is 2.96. The van der Waals surface area contributed by atoms with Gasteiger partial charge in [0.1, 0.15) is 0 Å². The molecule has 0 saturated heterocycles. The van der Waals surface area contributed by atoms with Crippen LogP contribution in [0.1, 0.15) is 39.0 Å². The smallest absolute Gasteiger partial charge is 0.220 e. The molecule has 0 radical (unpaired) electrons. The molecule has 1 saturated carbocycles. The first-order valence-corrected chi connectivity index (χ1v) is 5.52. The molecule has 1 amide bonds. The van der Waals surface area contributed by atoms with E-state index in [1.165, 1.54) is 12.8 Å². The molecular formula is C10H18ClNO. The zero-order valence-corrected chi connectivity index (χ0v) is 8.99. The van der Waals surface area contributed by atoms with Gasteiger partial charge in [-0.1, -0.05) is 6.92 Å². The number of rotatable bonds is 6. The van der Waals surface area contributed by atoms with Crippen molar-refractivity contribution in [3.05, 3.63) is 0 Å². The summed E-state index contributed by atoms with van der Waals surface area (Å²) < 4.78 is 0. The highest BCUT2D eigenvalue weighted by Crippen LogP contribution is 2.43. The molecule has 0 atom stereocenters. The van der Waals surface area contributed by atoms with Gasteiger partial charge in [0.25, 0.3) is 0 Å². The lowest BCUT2D eigenvalue weighted by Gasteiger charge is -2.09. The van der Waals surface area contributed by atoms with Crippen LogP contribution in [0.4, 0.5) is 0 Å². The number of hydrogen-bond acceptors (Lipinski definition) is 1. The molecule has 0 unspecified atom stereocenters. The molecular weight excluding hydrogens is 186 g/mol. The molecule has 2 nitrogen and oxygen atoms in total. The molecule has 1 N–H and O–H groups in total. The third kappa shape index (κ3) is 4.51. The Morgan fingerprint density at radius 1 is 1.46 bits per heavy atom. The minimum absolute atomic E-state index is 0.179. The minimum atomic E-state index is 0.179. The summed E-state index contributed by atoms with van der Waals surface area (Å²) in [4.78, 5) is 11.2. The molecule has 0 bridgehead atoms. The van der Waals surface area contributed by atoms with Crippen LogP contribution >= 0.6 is 11.6 Å². The molecule has 0 heterocycles. The highest BCUT2D eigenvalue weighted by molar-refractivity contribution is 6.17. The lowest BCUT2D eigenvalue weighted by atomic mass is 10.1. The normalized spacial score (nSPS) is 18.3. The van der Waals surface area contributed by atoms with E-state index < -0.39 is 0 Å². The monoisotopic (exact) mass is 203 g/mol. The Morgan fingerprint density at radius 2 is 2.15 bits per heavy atom. The van der Waals surface area contributed by atoms with E-state index in [1.807, 2.05) is 0 Å². The fourth-order valence-electron chi connectivity index (χ4n) is 1.17. The van der Waals surface area contributed by atoms with Crippen LogP contribution < -0.4 is 5.32 Å². The van der Waals surface area contributed by atoms with Crippen molar-refractivity contribution in [1.82, 2.24) is 5.32 Å². The number of unbranched alkanes of at least 4 members (excludes halogenated alkanes) is 1. The van der Waals surface area contributed by atoms with Gasteiger partial charge in [-0.05, 0) is 31.1 Å². The second-order valence-electron chi connectivity index (χ2n) is 4.23. The fraction of sp³-hybridized carbons (Fsp3) is 0.900. The van der Waals surface area contributed by atoms with Gasteiger partial charge >= 0.3 is 0 Å². The average molecular weight is 204 g/mol. The molecule has 13 heavy (non-hydrogen) atoms. The van der Waals surface area contributed by atoms with Crippen LogP contribution in [0.3, 0.4) is 0 Å². The second-order valence-corrected chi connectivity index (χ2v) is 4.61. The zero-order valence-electron chi connectivity index (χ0n) is 8.24. The van der Waals surface area contributed by atoms with Crippen molar-refractivity contribution in [3.63, 3.8) is 0 Å². The largest absolute Gasteiger partial charge is 0.356 e. The van der Waals surface area contributed by atoms with Gasteiger partial charge in [-0.25, -0.2) is 0 Å². The predicted octanol–water partition coefficient (Wildman–Crippen LogP) is 2.31. The van der Waals surface area contributed by atoms with Crippen LogP contribution in [0.2, 0.25) is 0 Å². The van der Waals surface area contributed by atoms with E-state index in [4.69, 9.17) is 11.6 Å². The number of nitrogens with one attached hydrogen (secondary N) is 1. The third-order valence-electron chi connectivity index (χ3n) is 2.60. The number of hydrogen-bond donors (Lipinski definition) is 1. The van der Waals surface area contributed by atoms with Crippen molar-refractivity contribution in [2.45, 2.75) is 39.0 Å². The van der Waals surface area contributed by atoms with Crippen molar-refractivity contribution in [1.29, 1.82) is 0 Å². The maximum Gasteiger partial charge on any atom is 0.220 e. The Kier molecular flexibility index (Phi) is 4.04. The number of alkyl halides is 1. The van der Waals surface area contributed by atoms with Crippen LogP contribution in [0.25, 0.3) is 0 Å². The Balaban J connectivity index is 1.97. The van der Waals surface area contributed by atoms with E-state index in [0.29, 0.717) is 17.7 Å². The summed E-state index contributed by atoms with van der Waals surface area (Å²) in [5.41, 5.74) is 0.419. The molecule has 0 spiro atoms. The van der Waals surface area contributed by atoms with Crippen molar-refractivity contribution in [3.8, 4) is 0 Å². The van der Waals surface area contributed by atoms with Gasteiger partial charge < -0.3 is 5.32 Å². The molecule has 0 aliphatic heterocycles. The molecule has 1 rings (SSSR count). The Bertz CT molecular complexity index is 178. The van der Waals surface area contributed by atoms with Crippen molar-refractivity contribution in [2.24, 2.45) is 5.41 Å². The first kappa shape index (κ1) is 10.8. The quantitative estimate of drug-likeness (QED) is 0.521. The number of carbonyl (C=O) groups excluding carboxylic acids is 1. The maximum atomic E-state index is 11.2. The first-order valence-electron chi connectivity index (χ1n) is 4.99. The SMILES string of the molecule is CC1(CNC(=O)CCCCCl)CC1. The van der Waals surface area contributed by atoms with Crippen molar-refractivity contribution >= 4 is 17.5 Å². The van der Waals surface area contributed by atoms with Gasteiger partial charge in [0, 0.05) is 18.8 Å². The maximum absolute atomic E-state index is 11.2. The van der Waals surface area contributed by atoms with Gasteiger partial charge in [0.05, 0.1) is 0 Å². The predicted molar refractivity (Wildman–Crippen MR) is 54.9 cm³/mol. The Hall–Kier alpha value is -0.240. The number of carbonyl (C=O) groups is 1. The molecule has 1 aliphatic carbocycles. The second kappa shape index (κ2) is 4.85. The molecule has 1 fully saturated rings. The van der Waals surface area contributed by atoms with E-state index in [2.05, 4.69) is 12.2 Å². The van der Waals surface area contributed by atoms with Crippen LogP contribution in [0, 0.1) is 5.41 Å². The summed E-state index contributed by atoms with van der Waals surface area (Å²) in [6, 6.07) is 0. The van der Waals surface area contributed by atoms with Crippen LogP contribution in [0.5, 0.6) is 0 Å². The topological polar surface area (TPSA) is 29.1 Å². The van der Waals surface area contributed by atoms with E-state index in [0.717, 1.165) is 19.4 Å². The zero-order chi connectivity index (χ0) is 9.73. The molecule has 0 aromatic heterocycles. The van der Waals surface area contributed by atoms with Crippen molar-refractivity contribution < 1.29 is 4.79 Å². The summed E-state index contributed by atoms with van der Waals surface area (Å²) in [5.74, 6) is 0.837. The van der Waals surface area contributed by atoms with Gasteiger partial charge in [-0.15, -0.1) is 11.6 Å². The Labute approximate surface area is 85.0 Å². The van der Waals surface area contributed by atoms with E-state index >= 15 is 0 Å². The number of halogens is 1. The van der Waals surface area contributed by atoms with Crippen LogP contribution in [0.15, 0.2) is 0 Å². The van der Waals surface area contributed by atoms with Gasteiger partial charge in [0.2, 0.25) is 5.91 Å². The van der Waals surface area contributed by atoms with E-state index in [-0.39, 0.29) is 5.91 Å². The molecule has 76 valence electrons. The molecule has 0 aromatic carbocycles. The summed E-state index contributed by atoms with van der Waals surface area (Å²) in [7, 11) is 0. The van der Waals surface area contributed by atoms with Crippen LogP contribution in [-0.4, -0.2) is 18.3 Å². The lowest BCUT2D eigenvalue weighted by molar-refractivity contribution is -0.121. The van der Waals surface area contributed by atoms with Crippen molar-refractivity contribution in [2.75, 3.05) is 12.4 Å². The van der Waals surface area contributed by atoms with E-state index in [1.54, 1.807) is 0 Å². The summed E-state index contributed by atoms with van der Waals surface area (Å²) in [6.07, 6.45) is 4.99. The first-order chi connectivity index (χ1) is 6.16. The van der Waals surface area contributed by atoms with E-state index in [9.17, 15) is 4.79 Å². The Morgan fingerprint density at radius 3 is 2.69 bits per heavy atom. The fourth-order valence-corrected chi connectivity index (χ4v) is 1.36. The summed E-state index contributed by atoms with van der Waals surface area (Å²) in [6.45, 7) is 3.07. The lowest BCUT2D eigenvalue weighted by Crippen LogP contribution is -2.28.